The summed E-state index contributed by atoms with van der Waals surface area (Å²) in [5.74, 6) is 0.989. The largest absolute Gasteiger partial charge is 0.388 e. The molecule has 0 saturated heterocycles. The zero-order valence-corrected chi connectivity index (χ0v) is 11.4. The number of aromatic nitrogens is 2. The van der Waals surface area contributed by atoms with E-state index in [1.807, 2.05) is 42.1 Å². The van der Waals surface area contributed by atoms with Crippen LogP contribution in [0.15, 0.2) is 36.7 Å². The van der Waals surface area contributed by atoms with E-state index in [2.05, 4.69) is 4.98 Å². The molecule has 2 rings (SSSR count). The normalized spacial score (nSPS) is 12.6. The number of aliphatic hydroxyl groups excluding tert-OH is 1. The molecule has 0 saturated carbocycles. The number of methoxy groups -OCH3 is 1. The van der Waals surface area contributed by atoms with Crippen molar-refractivity contribution in [2.24, 2.45) is 7.05 Å². The molecule has 0 amide bonds. The van der Waals surface area contributed by atoms with Crippen molar-refractivity contribution in [3.8, 4) is 0 Å². The maximum Gasteiger partial charge on any atom is 0.108 e. The van der Waals surface area contributed by atoms with Gasteiger partial charge in [0.25, 0.3) is 0 Å². The summed E-state index contributed by atoms with van der Waals surface area (Å²) in [6, 6.07) is 7.85. The van der Waals surface area contributed by atoms with Gasteiger partial charge >= 0.3 is 0 Å². The van der Waals surface area contributed by atoms with Crippen molar-refractivity contribution in [1.29, 1.82) is 0 Å². The van der Waals surface area contributed by atoms with Gasteiger partial charge in [-0.1, -0.05) is 24.3 Å². The molecule has 1 unspecified atom stereocenters. The number of nitrogens with zero attached hydrogens (tertiary/aromatic N) is 2. The fourth-order valence-electron chi connectivity index (χ4n) is 2.20. The smallest absolute Gasteiger partial charge is 0.108 e. The van der Waals surface area contributed by atoms with Gasteiger partial charge in [-0.25, -0.2) is 4.98 Å². The van der Waals surface area contributed by atoms with Gasteiger partial charge in [-0.3, -0.25) is 0 Å². The van der Waals surface area contributed by atoms with Crippen LogP contribution in [0.2, 0.25) is 0 Å². The monoisotopic (exact) mass is 260 g/mol. The van der Waals surface area contributed by atoms with Crippen molar-refractivity contribution in [1.82, 2.24) is 9.55 Å². The van der Waals surface area contributed by atoms with Crippen LogP contribution in [0.1, 0.15) is 29.5 Å². The second-order valence-corrected chi connectivity index (χ2v) is 4.64. The number of rotatable bonds is 6. The average molecular weight is 260 g/mol. The molecule has 0 aliphatic heterocycles. The Bertz CT molecular complexity index is 522. The molecule has 0 aliphatic rings. The van der Waals surface area contributed by atoms with E-state index in [0.717, 1.165) is 23.4 Å². The van der Waals surface area contributed by atoms with Crippen LogP contribution in [0.4, 0.5) is 0 Å². The molecule has 1 aromatic carbocycles. The lowest BCUT2D eigenvalue weighted by molar-refractivity contribution is 0.154. The standard InChI is InChI=1S/C15H20N2O2/c1-17-10-9-16-15(17)8-7-14(18)13-6-4-3-5-12(13)11-19-2/h3-6,9-10,14,18H,7-8,11H2,1-2H3. The number of ether oxygens (including phenoxy) is 1. The van der Waals surface area contributed by atoms with Crippen molar-refractivity contribution in [2.45, 2.75) is 25.6 Å². The molecule has 1 aromatic heterocycles. The van der Waals surface area contributed by atoms with Crippen LogP contribution in [-0.4, -0.2) is 21.8 Å². The second-order valence-electron chi connectivity index (χ2n) is 4.64. The van der Waals surface area contributed by atoms with Crippen LogP contribution in [0.3, 0.4) is 0 Å². The van der Waals surface area contributed by atoms with Gasteiger partial charge < -0.3 is 14.4 Å². The van der Waals surface area contributed by atoms with E-state index in [0.29, 0.717) is 13.0 Å². The van der Waals surface area contributed by atoms with Gasteiger partial charge in [0, 0.05) is 33.0 Å². The summed E-state index contributed by atoms with van der Waals surface area (Å²) < 4.78 is 7.14. The van der Waals surface area contributed by atoms with E-state index < -0.39 is 6.10 Å². The summed E-state index contributed by atoms with van der Waals surface area (Å²) in [5.41, 5.74) is 1.98. The zero-order chi connectivity index (χ0) is 13.7. The van der Waals surface area contributed by atoms with E-state index in [-0.39, 0.29) is 0 Å². The highest BCUT2D eigenvalue weighted by atomic mass is 16.5. The Labute approximate surface area is 113 Å². The lowest BCUT2D eigenvalue weighted by atomic mass is 9.99. The Balaban J connectivity index is 2.03. The van der Waals surface area contributed by atoms with Crippen molar-refractivity contribution >= 4 is 0 Å². The van der Waals surface area contributed by atoms with Crippen molar-refractivity contribution in [3.05, 3.63) is 53.6 Å². The molecule has 0 radical (unpaired) electrons. The van der Waals surface area contributed by atoms with Gasteiger partial charge in [-0.05, 0) is 17.5 Å². The third kappa shape index (κ3) is 3.43. The van der Waals surface area contributed by atoms with Crippen LogP contribution < -0.4 is 0 Å². The maximum atomic E-state index is 10.3. The van der Waals surface area contributed by atoms with Crippen LogP contribution >= 0.6 is 0 Å². The summed E-state index contributed by atoms with van der Waals surface area (Å²) in [7, 11) is 3.63. The van der Waals surface area contributed by atoms with E-state index in [4.69, 9.17) is 4.74 Å². The second kappa shape index (κ2) is 6.50. The van der Waals surface area contributed by atoms with Crippen LogP contribution in [0.5, 0.6) is 0 Å². The highest BCUT2D eigenvalue weighted by Crippen LogP contribution is 2.22. The highest BCUT2D eigenvalue weighted by Gasteiger charge is 2.13. The first-order valence-electron chi connectivity index (χ1n) is 6.43. The van der Waals surface area contributed by atoms with Gasteiger partial charge in [-0.2, -0.15) is 0 Å². The Morgan fingerprint density at radius 2 is 2.16 bits per heavy atom. The van der Waals surface area contributed by atoms with Crippen molar-refractivity contribution in [3.63, 3.8) is 0 Å². The van der Waals surface area contributed by atoms with Crippen LogP contribution in [0, 0.1) is 0 Å². The number of aryl methyl sites for hydroxylation is 2. The summed E-state index contributed by atoms with van der Waals surface area (Å²) in [5, 5.41) is 10.3. The van der Waals surface area contributed by atoms with Gasteiger partial charge in [0.2, 0.25) is 0 Å². The Morgan fingerprint density at radius 1 is 1.37 bits per heavy atom. The maximum absolute atomic E-state index is 10.3. The molecule has 19 heavy (non-hydrogen) atoms. The summed E-state index contributed by atoms with van der Waals surface area (Å²) in [6.07, 6.45) is 4.63. The summed E-state index contributed by atoms with van der Waals surface area (Å²) in [4.78, 5) is 4.27. The molecule has 1 heterocycles. The first-order valence-corrected chi connectivity index (χ1v) is 6.43. The molecule has 0 bridgehead atoms. The van der Waals surface area contributed by atoms with E-state index in [1.54, 1.807) is 13.3 Å². The molecule has 0 fully saturated rings. The fourth-order valence-corrected chi connectivity index (χ4v) is 2.20. The highest BCUT2D eigenvalue weighted by molar-refractivity contribution is 5.28. The predicted molar refractivity (Wildman–Crippen MR) is 73.6 cm³/mol. The van der Waals surface area contributed by atoms with Gasteiger partial charge in [0.05, 0.1) is 12.7 Å². The summed E-state index contributed by atoms with van der Waals surface area (Å²) in [6.45, 7) is 0.523. The van der Waals surface area contributed by atoms with Gasteiger partial charge in [0.15, 0.2) is 0 Å². The molecule has 102 valence electrons. The average Bonchev–Trinajstić information content (AvgIpc) is 2.82. The molecular formula is C15H20N2O2. The minimum Gasteiger partial charge on any atom is -0.388 e. The molecular weight excluding hydrogens is 240 g/mol. The van der Waals surface area contributed by atoms with Crippen molar-refractivity contribution < 1.29 is 9.84 Å². The Kier molecular flexibility index (Phi) is 4.71. The Morgan fingerprint density at radius 3 is 2.84 bits per heavy atom. The molecule has 4 heteroatoms. The molecule has 0 spiro atoms. The first kappa shape index (κ1) is 13.8. The molecule has 1 atom stereocenters. The third-order valence-electron chi connectivity index (χ3n) is 3.28. The lowest BCUT2D eigenvalue weighted by Gasteiger charge is -2.15. The minimum absolute atomic E-state index is 0.483. The number of benzene rings is 1. The third-order valence-corrected chi connectivity index (χ3v) is 3.28. The lowest BCUT2D eigenvalue weighted by Crippen LogP contribution is -2.06. The van der Waals surface area contributed by atoms with Gasteiger partial charge in [0.1, 0.15) is 5.82 Å². The summed E-state index contributed by atoms with van der Waals surface area (Å²) >= 11 is 0. The Hall–Kier alpha value is -1.65. The number of hydrogen-bond acceptors (Lipinski definition) is 3. The van der Waals surface area contributed by atoms with E-state index >= 15 is 0 Å². The van der Waals surface area contributed by atoms with Gasteiger partial charge in [-0.15, -0.1) is 0 Å². The number of hydrogen-bond donors (Lipinski definition) is 1. The SMILES string of the molecule is COCc1ccccc1C(O)CCc1nccn1C. The minimum atomic E-state index is -0.483. The van der Waals surface area contributed by atoms with E-state index in [9.17, 15) is 5.11 Å². The topological polar surface area (TPSA) is 47.3 Å². The molecule has 0 aliphatic carbocycles. The number of imidazole rings is 1. The van der Waals surface area contributed by atoms with Crippen LogP contribution in [0.25, 0.3) is 0 Å². The molecule has 2 aromatic rings. The zero-order valence-electron chi connectivity index (χ0n) is 11.4. The first-order chi connectivity index (χ1) is 9.22. The number of aliphatic hydroxyl groups is 1. The quantitative estimate of drug-likeness (QED) is 0.866. The fraction of sp³-hybridized carbons (Fsp3) is 0.400. The van der Waals surface area contributed by atoms with Crippen molar-refractivity contribution in [2.75, 3.05) is 7.11 Å². The predicted octanol–water partition coefficient (Wildman–Crippen LogP) is 2.23. The molecule has 4 nitrogen and oxygen atoms in total. The molecule has 1 N–H and O–H groups in total. The van der Waals surface area contributed by atoms with E-state index in [1.165, 1.54) is 0 Å². The van der Waals surface area contributed by atoms with Crippen LogP contribution in [-0.2, 0) is 24.8 Å².